The van der Waals surface area contributed by atoms with Gasteiger partial charge in [-0.05, 0) is 40.0 Å². The third kappa shape index (κ3) is 12.1. The van der Waals surface area contributed by atoms with Gasteiger partial charge in [0, 0.05) is 5.41 Å². The van der Waals surface area contributed by atoms with E-state index in [4.69, 9.17) is 15.3 Å². The molecule has 0 radical (unpaired) electrons. The lowest BCUT2D eigenvalue weighted by Crippen LogP contribution is -2.32. The summed E-state index contributed by atoms with van der Waals surface area (Å²) in [5.41, 5.74) is -0.987. The molecule has 1 atom stereocenters. The number of isocyanates is 2. The highest BCUT2D eigenvalue weighted by Gasteiger charge is 2.24. The van der Waals surface area contributed by atoms with Crippen molar-refractivity contribution in [3.05, 3.63) is 0 Å². The molecule has 0 bridgehead atoms. The van der Waals surface area contributed by atoms with Crippen molar-refractivity contribution in [2.24, 2.45) is 15.4 Å². The van der Waals surface area contributed by atoms with Crippen molar-refractivity contribution in [3.8, 4) is 0 Å². The fourth-order valence-electron chi connectivity index (χ4n) is 1.82. The number of unbranched alkanes of at least 4 members (excludes halogenated alkanes) is 1. The molecule has 0 saturated heterocycles. The normalized spacial score (nSPS) is 12.3. The second-order valence-electron chi connectivity index (χ2n) is 6.66. The molecule has 1 unspecified atom stereocenters. The first-order valence-electron chi connectivity index (χ1n) is 8.25. The largest absolute Gasteiger partial charge is 0.396 e. The Balaban J connectivity index is 0. The molecule has 0 amide bonds. The van der Waals surface area contributed by atoms with Crippen LogP contribution in [-0.4, -0.2) is 58.9 Å². The van der Waals surface area contributed by atoms with Gasteiger partial charge in [-0.1, -0.05) is 19.8 Å². The minimum atomic E-state index is -0.667. The summed E-state index contributed by atoms with van der Waals surface area (Å²) in [6.07, 6.45) is 7.39. The fraction of sp³-hybridized carbons (Fsp3) is 0.882. The second kappa shape index (κ2) is 14.0. The van der Waals surface area contributed by atoms with Crippen LogP contribution < -0.4 is 0 Å². The van der Waals surface area contributed by atoms with Gasteiger partial charge in [-0.2, -0.15) is 4.99 Å². The van der Waals surface area contributed by atoms with Crippen molar-refractivity contribution < 1.29 is 24.9 Å². The Hall–Kier alpha value is -1.36. The minimum absolute atomic E-state index is 0.0418. The first-order valence-corrected chi connectivity index (χ1v) is 8.25. The molecule has 0 aromatic rings. The number of rotatable bonds is 11. The van der Waals surface area contributed by atoms with Crippen LogP contribution in [0, 0.1) is 5.41 Å². The lowest BCUT2D eigenvalue weighted by Gasteiger charge is -2.24. The molecule has 0 saturated carbocycles. The van der Waals surface area contributed by atoms with Gasteiger partial charge in [-0.15, -0.1) is 0 Å². The summed E-state index contributed by atoms with van der Waals surface area (Å²) in [6.45, 7) is 7.06. The minimum Gasteiger partial charge on any atom is -0.396 e. The third-order valence-electron chi connectivity index (χ3n) is 4.04. The Morgan fingerprint density at radius 2 is 1.54 bits per heavy atom. The summed E-state index contributed by atoms with van der Waals surface area (Å²) >= 11 is 0. The van der Waals surface area contributed by atoms with E-state index in [1.54, 1.807) is 12.2 Å². The van der Waals surface area contributed by atoms with Crippen LogP contribution in [0.4, 0.5) is 0 Å². The zero-order valence-electron chi connectivity index (χ0n) is 15.3. The molecule has 0 spiro atoms. The molecule has 0 heterocycles. The van der Waals surface area contributed by atoms with E-state index in [0.29, 0.717) is 6.42 Å². The maximum atomic E-state index is 10.1. The van der Waals surface area contributed by atoms with E-state index in [2.05, 4.69) is 9.98 Å². The van der Waals surface area contributed by atoms with Gasteiger partial charge in [-0.25, -0.2) is 14.6 Å². The smallest absolute Gasteiger partial charge is 0.235 e. The summed E-state index contributed by atoms with van der Waals surface area (Å²) in [5.74, 6) is 0. The van der Waals surface area contributed by atoms with E-state index in [0.717, 1.165) is 25.7 Å². The van der Waals surface area contributed by atoms with E-state index in [9.17, 15) is 9.59 Å². The number of carbonyl (C=O) groups excluding carboxylic acids is 2. The maximum absolute atomic E-state index is 10.1. The monoisotopic (exact) mass is 344 g/mol. The Bertz CT molecular complexity index is 392. The van der Waals surface area contributed by atoms with E-state index >= 15 is 0 Å². The van der Waals surface area contributed by atoms with Gasteiger partial charge in [0.2, 0.25) is 12.2 Å². The molecule has 3 N–H and O–H groups in total. The Morgan fingerprint density at radius 3 is 1.88 bits per heavy atom. The maximum Gasteiger partial charge on any atom is 0.235 e. The van der Waals surface area contributed by atoms with Gasteiger partial charge in [0.15, 0.2) is 0 Å². The Labute approximate surface area is 144 Å². The highest BCUT2D eigenvalue weighted by atomic mass is 16.3. The molecule has 7 nitrogen and oxygen atoms in total. The molecule has 0 fully saturated rings. The highest BCUT2D eigenvalue weighted by Crippen LogP contribution is 2.19. The van der Waals surface area contributed by atoms with Crippen molar-refractivity contribution in [1.29, 1.82) is 0 Å². The number of hydrogen-bond acceptors (Lipinski definition) is 7. The molecule has 0 aromatic carbocycles. The predicted octanol–water partition coefficient (Wildman–Crippen LogP) is 1.75. The number of aliphatic hydroxyl groups excluding tert-OH is 3. The van der Waals surface area contributed by atoms with Crippen molar-refractivity contribution in [2.45, 2.75) is 71.4 Å². The van der Waals surface area contributed by atoms with Gasteiger partial charge in [0.05, 0.1) is 31.4 Å². The van der Waals surface area contributed by atoms with Gasteiger partial charge in [0.25, 0.3) is 0 Å². The van der Waals surface area contributed by atoms with Gasteiger partial charge in [0.1, 0.15) is 0 Å². The summed E-state index contributed by atoms with van der Waals surface area (Å²) in [4.78, 5) is 27.4. The summed E-state index contributed by atoms with van der Waals surface area (Å²) in [5, 5.41) is 26.0. The molecule has 24 heavy (non-hydrogen) atoms. The number of hydrogen-bond donors (Lipinski definition) is 3. The van der Waals surface area contributed by atoms with Crippen LogP contribution in [0.2, 0.25) is 0 Å². The lowest BCUT2D eigenvalue weighted by atomic mass is 9.88. The Morgan fingerprint density at radius 1 is 1.00 bits per heavy atom. The van der Waals surface area contributed by atoms with Gasteiger partial charge >= 0.3 is 0 Å². The van der Waals surface area contributed by atoms with E-state index in [1.165, 1.54) is 0 Å². The molecule has 0 aliphatic heterocycles. The zero-order valence-corrected chi connectivity index (χ0v) is 15.3. The molecule has 0 rings (SSSR count). The third-order valence-corrected chi connectivity index (χ3v) is 4.04. The molecule has 0 aliphatic rings. The molecule has 7 heteroatoms. The van der Waals surface area contributed by atoms with E-state index < -0.39 is 5.41 Å². The second-order valence-corrected chi connectivity index (χ2v) is 6.66. The summed E-state index contributed by atoms with van der Waals surface area (Å²) < 4.78 is 0. The van der Waals surface area contributed by atoms with Crippen LogP contribution in [0.15, 0.2) is 9.98 Å². The Kier molecular flexibility index (Phi) is 14.5. The average molecular weight is 344 g/mol. The standard InChI is InChI=1S/C11H18N2O2.C6H14O3/c1-10(12-8-14)6-4-5-7-11(2,3)13-9-15;1-2-6(3-7,4-8)5-9/h10H,4-7H2,1-3H3;7-9H,2-5H2,1H3. The van der Waals surface area contributed by atoms with Gasteiger partial charge < -0.3 is 15.3 Å². The van der Waals surface area contributed by atoms with Crippen molar-refractivity contribution in [1.82, 2.24) is 0 Å². The van der Waals surface area contributed by atoms with Crippen LogP contribution in [0.1, 0.15) is 59.8 Å². The predicted molar refractivity (Wildman–Crippen MR) is 92.2 cm³/mol. The quantitative estimate of drug-likeness (QED) is 0.300. The molecule has 0 aromatic heterocycles. The van der Waals surface area contributed by atoms with Crippen molar-refractivity contribution in [3.63, 3.8) is 0 Å². The first kappa shape index (κ1) is 24.9. The molecular weight excluding hydrogens is 312 g/mol. The van der Waals surface area contributed by atoms with Crippen LogP contribution in [0.5, 0.6) is 0 Å². The average Bonchev–Trinajstić information content (AvgIpc) is 2.55. The fourth-order valence-corrected chi connectivity index (χ4v) is 1.82. The van der Waals surface area contributed by atoms with Crippen molar-refractivity contribution >= 4 is 12.2 Å². The molecule has 140 valence electrons. The van der Waals surface area contributed by atoms with Gasteiger partial charge in [-0.3, -0.25) is 0 Å². The van der Waals surface area contributed by atoms with Crippen LogP contribution in [-0.2, 0) is 9.59 Å². The highest BCUT2D eigenvalue weighted by molar-refractivity contribution is 5.34. The van der Waals surface area contributed by atoms with Crippen LogP contribution in [0.3, 0.4) is 0 Å². The summed E-state index contributed by atoms with van der Waals surface area (Å²) in [6, 6.07) is 0.0418. The lowest BCUT2D eigenvalue weighted by molar-refractivity contribution is 0.00304. The number of nitrogens with zero attached hydrogens (tertiary/aromatic N) is 2. The molecule has 0 aliphatic carbocycles. The van der Waals surface area contributed by atoms with Crippen LogP contribution >= 0.6 is 0 Å². The topological polar surface area (TPSA) is 120 Å². The number of aliphatic imine (C=N–C) groups is 2. The zero-order chi connectivity index (χ0) is 19.1. The SMILES string of the molecule is CC(CCCCC(C)(C)N=C=O)N=C=O.CCC(CO)(CO)CO. The summed E-state index contributed by atoms with van der Waals surface area (Å²) in [7, 11) is 0. The van der Waals surface area contributed by atoms with Crippen LogP contribution in [0.25, 0.3) is 0 Å². The molecular formula is C17H32N2O5. The van der Waals surface area contributed by atoms with Crippen molar-refractivity contribution in [2.75, 3.05) is 19.8 Å². The first-order chi connectivity index (χ1) is 11.3. The van der Waals surface area contributed by atoms with E-state index in [1.807, 2.05) is 27.7 Å². The van der Waals surface area contributed by atoms with E-state index in [-0.39, 0.29) is 31.4 Å². The number of aliphatic hydroxyl groups is 3.